The number of halogens is 2. The van der Waals surface area contributed by atoms with E-state index in [0.717, 1.165) is 11.3 Å². The van der Waals surface area contributed by atoms with Crippen LogP contribution in [0.15, 0.2) is 51.7 Å². The summed E-state index contributed by atoms with van der Waals surface area (Å²) >= 11 is 0. The Labute approximate surface area is 259 Å². The summed E-state index contributed by atoms with van der Waals surface area (Å²) in [7, 11) is 1.77. The van der Waals surface area contributed by atoms with Crippen molar-refractivity contribution in [1.82, 2.24) is 30.4 Å². The van der Waals surface area contributed by atoms with E-state index in [1.54, 1.807) is 23.0 Å². The summed E-state index contributed by atoms with van der Waals surface area (Å²) in [6, 6.07) is 14.0. The standard InChI is InChI=1S/C29H39N7O4.2ClH/c1-6-36-29(39)40-28(32-36)22-11-12-25(21(4)15-22)34(18-26(37)31-14-13-30-20(2)3)19-27(38)33(5)35-16-23-9-7-8-10-24(23)17-35;;/h7-12,15,20,30H,6,13-14,16-19H2,1-5H3,(H,31,37);2*1H. The fourth-order valence-corrected chi connectivity index (χ4v) is 4.73. The van der Waals surface area contributed by atoms with Gasteiger partial charge >= 0.3 is 5.76 Å². The molecular weight excluding hydrogens is 581 g/mol. The minimum Gasteiger partial charge on any atom is -0.388 e. The number of hydrazine groups is 1. The van der Waals surface area contributed by atoms with E-state index < -0.39 is 5.76 Å². The lowest BCUT2D eigenvalue weighted by atomic mass is 10.1. The number of likely N-dealkylation sites (N-methyl/N-ethyl adjacent to an activating group) is 1. The van der Waals surface area contributed by atoms with Gasteiger partial charge in [0.05, 0.1) is 13.1 Å². The van der Waals surface area contributed by atoms with Crippen LogP contribution in [0.5, 0.6) is 0 Å². The predicted molar refractivity (Wildman–Crippen MR) is 168 cm³/mol. The van der Waals surface area contributed by atoms with Crippen molar-refractivity contribution < 1.29 is 14.0 Å². The second kappa shape index (κ2) is 15.7. The Morgan fingerprint density at radius 1 is 1.05 bits per heavy atom. The van der Waals surface area contributed by atoms with Crippen LogP contribution in [-0.2, 0) is 29.2 Å². The molecule has 1 aliphatic rings. The average Bonchev–Trinajstić information content (AvgIpc) is 3.53. The first kappa shape index (κ1) is 34.8. The number of hydrogen-bond acceptors (Lipinski definition) is 8. The Morgan fingerprint density at radius 2 is 1.71 bits per heavy atom. The summed E-state index contributed by atoms with van der Waals surface area (Å²) in [6.07, 6.45) is 0. The van der Waals surface area contributed by atoms with Crippen molar-refractivity contribution >= 4 is 42.3 Å². The van der Waals surface area contributed by atoms with Gasteiger partial charge in [-0.05, 0) is 48.7 Å². The minimum absolute atomic E-state index is 0. The molecule has 4 rings (SSSR count). The number of carbonyl (C=O) groups excluding carboxylic acids is 2. The first-order chi connectivity index (χ1) is 19.2. The van der Waals surface area contributed by atoms with Gasteiger partial charge in [-0.15, -0.1) is 29.9 Å². The van der Waals surface area contributed by atoms with E-state index in [1.165, 1.54) is 15.8 Å². The highest BCUT2D eigenvalue weighted by molar-refractivity contribution is 5.87. The SMILES string of the molecule is CCn1nc(-c2ccc(N(CC(=O)NCCNC(C)C)CC(=O)N(C)N3Cc4ccccc4C3)c(C)c2)oc1=O.Cl.Cl. The van der Waals surface area contributed by atoms with Crippen molar-refractivity contribution in [2.45, 2.75) is 53.4 Å². The van der Waals surface area contributed by atoms with Gasteiger partial charge in [-0.3, -0.25) is 14.6 Å². The molecule has 0 radical (unpaired) electrons. The fraction of sp³-hybridized carbons (Fsp3) is 0.448. The third-order valence-corrected chi connectivity index (χ3v) is 6.96. The zero-order valence-corrected chi connectivity index (χ0v) is 26.4. The van der Waals surface area contributed by atoms with Crippen molar-refractivity contribution in [3.8, 4) is 11.5 Å². The number of carbonyl (C=O) groups is 2. The summed E-state index contributed by atoms with van der Waals surface area (Å²) in [5.74, 6) is -0.584. The summed E-state index contributed by atoms with van der Waals surface area (Å²) in [6.45, 7) is 10.7. The van der Waals surface area contributed by atoms with Crippen molar-refractivity contribution in [1.29, 1.82) is 0 Å². The van der Waals surface area contributed by atoms with Gasteiger partial charge in [-0.25, -0.2) is 9.80 Å². The Balaban J connectivity index is 0.00000308. The van der Waals surface area contributed by atoms with Gasteiger partial charge < -0.3 is 20.0 Å². The Hall–Kier alpha value is -3.38. The van der Waals surface area contributed by atoms with E-state index in [4.69, 9.17) is 4.42 Å². The smallest absolute Gasteiger partial charge is 0.388 e. The van der Waals surface area contributed by atoms with Crippen molar-refractivity contribution in [3.05, 3.63) is 69.7 Å². The Bertz CT molecular complexity index is 1380. The largest absolute Gasteiger partial charge is 0.437 e. The normalized spacial score (nSPS) is 12.3. The maximum Gasteiger partial charge on any atom is 0.437 e. The quantitative estimate of drug-likeness (QED) is 0.297. The highest BCUT2D eigenvalue weighted by atomic mass is 35.5. The predicted octanol–water partition coefficient (Wildman–Crippen LogP) is 2.99. The molecular formula is C29H41Cl2N7O4. The molecule has 1 aliphatic heterocycles. The molecule has 42 heavy (non-hydrogen) atoms. The molecule has 0 atom stereocenters. The molecule has 2 N–H and O–H groups in total. The monoisotopic (exact) mass is 621 g/mol. The second-order valence-corrected chi connectivity index (χ2v) is 10.3. The van der Waals surface area contributed by atoms with Crippen LogP contribution in [0.1, 0.15) is 37.5 Å². The molecule has 0 saturated heterocycles. The number of nitrogens with one attached hydrogen (secondary N) is 2. The molecule has 1 aromatic heterocycles. The molecule has 11 nitrogen and oxygen atoms in total. The number of aryl methyl sites for hydroxylation is 2. The number of amides is 2. The lowest BCUT2D eigenvalue weighted by Gasteiger charge is -2.32. The lowest BCUT2D eigenvalue weighted by molar-refractivity contribution is -0.145. The maximum absolute atomic E-state index is 13.5. The van der Waals surface area contributed by atoms with E-state index in [0.29, 0.717) is 44.3 Å². The molecule has 0 fully saturated rings. The van der Waals surface area contributed by atoms with Gasteiger partial charge in [0.2, 0.25) is 11.8 Å². The zero-order chi connectivity index (χ0) is 28.8. The molecule has 13 heteroatoms. The van der Waals surface area contributed by atoms with Crippen molar-refractivity contribution in [2.75, 3.05) is 38.1 Å². The first-order valence-electron chi connectivity index (χ1n) is 13.7. The second-order valence-electron chi connectivity index (χ2n) is 10.3. The topological polar surface area (TPSA) is 116 Å². The number of fused-ring (bicyclic) bond motifs is 1. The van der Waals surface area contributed by atoms with Crippen molar-refractivity contribution in [3.63, 3.8) is 0 Å². The molecule has 2 heterocycles. The van der Waals surface area contributed by atoms with E-state index in [2.05, 4.69) is 41.7 Å². The van der Waals surface area contributed by atoms with Crippen LogP contribution in [0.4, 0.5) is 5.69 Å². The Kier molecular flexibility index (Phi) is 13.0. The average molecular weight is 623 g/mol. The van der Waals surface area contributed by atoms with Gasteiger partial charge in [-0.1, -0.05) is 38.1 Å². The summed E-state index contributed by atoms with van der Waals surface area (Å²) < 4.78 is 6.57. The van der Waals surface area contributed by atoms with Crippen LogP contribution < -0.4 is 21.3 Å². The van der Waals surface area contributed by atoms with Crippen LogP contribution in [-0.4, -0.2) is 70.9 Å². The van der Waals surface area contributed by atoms with E-state index in [-0.39, 0.29) is 55.6 Å². The maximum atomic E-state index is 13.5. The number of benzene rings is 2. The number of anilines is 1. The summed E-state index contributed by atoms with van der Waals surface area (Å²) in [5, 5.41) is 14.1. The number of aromatic nitrogens is 2. The molecule has 230 valence electrons. The van der Waals surface area contributed by atoms with Gasteiger partial charge in [0, 0.05) is 57.1 Å². The van der Waals surface area contributed by atoms with E-state index in [9.17, 15) is 14.4 Å². The first-order valence-corrected chi connectivity index (χ1v) is 13.7. The summed E-state index contributed by atoms with van der Waals surface area (Å²) in [5.41, 5.74) is 4.62. The van der Waals surface area contributed by atoms with Crippen LogP contribution in [0.25, 0.3) is 11.5 Å². The van der Waals surface area contributed by atoms with Crippen LogP contribution in [0.2, 0.25) is 0 Å². The van der Waals surface area contributed by atoms with E-state index in [1.807, 2.05) is 43.1 Å². The van der Waals surface area contributed by atoms with Gasteiger partial charge in [0.1, 0.15) is 0 Å². The minimum atomic E-state index is -0.512. The fourth-order valence-electron chi connectivity index (χ4n) is 4.73. The highest BCUT2D eigenvalue weighted by Crippen LogP contribution is 2.27. The number of hydrogen-bond donors (Lipinski definition) is 2. The molecule has 0 spiro atoms. The Morgan fingerprint density at radius 3 is 2.29 bits per heavy atom. The molecule has 3 aromatic rings. The van der Waals surface area contributed by atoms with Crippen LogP contribution in [0, 0.1) is 6.92 Å². The third-order valence-electron chi connectivity index (χ3n) is 6.96. The van der Waals surface area contributed by atoms with Crippen LogP contribution in [0.3, 0.4) is 0 Å². The summed E-state index contributed by atoms with van der Waals surface area (Å²) in [4.78, 5) is 40.2. The molecule has 0 saturated carbocycles. The number of rotatable bonds is 12. The number of nitrogens with zero attached hydrogens (tertiary/aromatic N) is 5. The van der Waals surface area contributed by atoms with E-state index >= 15 is 0 Å². The highest BCUT2D eigenvalue weighted by Gasteiger charge is 2.27. The van der Waals surface area contributed by atoms with Gasteiger partial charge in [0.25, 0.3) is 5.91 Å². The molecule has 2 aromatic carbocycles. The van der Waals surface area contributed by atoms with Crippen LogP contribution >= 0.6 is 24.8 Å². The van der Waals surface area contributed by atoms with Crippen molar-refractivity contribution in [2.24, 2.45) is 0 Å². The molecule has 2 amide bonds. The zero-order valence-electron chi connectivity index (χ0n) is 24.8. The molecule has 0 aliphatic carbocycles. The molecule has 0 bridgehead atoms. The van der Waals surface area contributed by atoms with Gasteiger partial charge in [0.15, 0.2) is 0 Å². The lowest BCUT2D eigenvalue weighted by Crippen LogP contribution is -2.48. The third kappa shape index (κ3) is 8.57. The molecule has 0 unspecified atom stereocenters. The van der Waals surface area contributed by atoms with Gasteiger partial charge in [-0.2, -0.15) is 4.68 Å².